The molecule has 0 aromatic heterocycles. The zero-order valence-corrected chi connectivity index (χ0v) is 15.6. The van der Waals surface area contributed by atoms with E-state index in [1.807, 2.05) is 11.9 Å². The summed E-state index contributed by atoms with van der Waals surface area (Å²) in [4.78, 5) is 6.20. The normalized spacial score (nSPS) is 19.6. The summed E-state index contributed by atoms with van der Waals surface area (Å²) in [5.74, 6) is 1.59. The maximum Gasteiger partial charge on any atom is 0.193 e. The van der Waals surface area contributed by atoms with E-state index in [-0.39, 0.29) is 35.5 Å². The third-order valence-corrected chi connectivity index (χ3v) is 4.97. The highest BCUT2D eigenvalue weighted by Crippen LogP contribution is 2.13. The molecule has 0 aliphatic carbocycles. The summed E-state index contributed by atoms with van der Waals surface area (Å²) in [5.41, 5.74) is 0. The lowest BCUT2D eigenvalue weighted by Gasteiger charge is -2.24. The molecule has 1 aliphatic heterocycles. The van der Waals surface area contributed by atoms with E-state index >= 15 is 0 Å². The van der Waals surface area contributed by atoms with Crippen molar-refractivity contribution in [2.45, 2.75) is 13.3 Å². The van der Waals surface area contributed by atoms with Crippen molar-refractivity contribution < 1.29 is 13.2 Å². The number of ether oxygens (including phenoxy) is 1. The second-order valence-corrected chi connectivity index (χ2v) is 7.29. The minimum absolute atomic E-state index is 0. The molecule has 0 bridgehead atoms. The van der Waals surface area contributed by atoms with Crippen LogP contribution in [0, 0.1) is 5.92 Å². The standard InChI is InChI=1S/C12H25N3O3S.HI/c1-4-19(16,17)8-6-14-12(13-2)15(3)9-11-5-7-18-10-11;/h11H,4-10H2,1-3H3,(H,13,14);1H. The smallest absolute Gasteiger partial charge is 0.193 e. The van der Waals surface area contributed by atoms with Crippen LogP contribution in [-0.2, 0) is 14.6 Å². The summed E-state index contributed by atoms with van der Waals surface area (Å²) < 4.78 is 28.2. The van der Waals surface area contributed by atoms with E-state index in [0.717, 1.165) is 32.1 Å². The summed E-state index contributed by atoms with van der Waals surface area (Å²) in [6, 6.07) is 0. The zero-order chi connectivity index (χ0) is 14.3. The van der Waals surface area contributed by atoms with Crippen molar-refractivity contribution in [2.24, 2.45) is 10.9 Å². The number of halogens is 1. The number of rotatable bonds is 6. The third kappa shape index (κ3) is 7.07. The summed E-state index contributed by atoms with van der Waals surface area (Å²) in [7, 11) is 0.739. The molecular weight excluding hydrogens is 393 g/mol. The van der Waals surface area contributed by atoms with Crippen molar-refractivity contribution in [3.05, 3.63) is 0 Å². The topological polar surface area (TPSA) is 71.0 Å². The van der Waals surface area contributed by atoms with Crippen LogP contribution in [0.25, 0.3) is 0 Å². The van der Waals surface area contributed by atoms with Gasteiger partial charge in [-0.15, -0.1) is 24.0 Å². The molecular formula is C12H26IN3O3S. The molecule has 20 heavy (non-hydrogen) atoms. The molecule has 120 valence electrons. The van der Waals surface area contributed by atoms with Crippen molar-refractivity contribution >= 4 is 39.8 Å². The third-order valence-electron chi connectivity index (χ3n) is 3.27. The number of guanidine groups is 1. The maximum absolute atomic E-state index is 11.4. The Balaban J connectivity index is 0.00000361. The van der Waals surface area contributed by atoms with Gasteiger partial charge in [-0.1, -0.05) is 6.92 Å². The predicted octanol–water partition coefficient (Wildman–Crippen LogP) is 0.583. The van der Waals surface area contributed by atoms with E-state index in [4.69, 9.17) is 4.74 Å². The lowest BCUT2D eigenvalue weighted by atomic mass is 10.1. The second kappa shape index (κ2) is 9.78. The van der Waals surface area contributed by atoms with Gasteiger partial charge in [0.25, 0.3) is 0 Å². The van der Waals surface area contributed by atoms with Crippen LogP contribution in [-0.4, -0.2) is 71.2 Å². The molecule has 0 aromatic rings. The van der Waals surface area contributed by atoms with Crippen molar-refractivity contribution in [2.75, 3.05) is 51.9 Å². The number of hydrogen-bond acceptors (Lipinski definition) is 4. The van der Waals surface area contributed by atoms with E-state index in [9.17, 15) is 8.42 Å². The summed E-state index contributed by atoms with van der Waals surface area (Å²) in [6.07, 6.45) is 1.07. The number of hydrogen-bond donors (Lipinski definition) is 1. The fourth-order valence-electron chi connectivity index (χ4n) is 2.05. The lowest BCUT2D eigenvalue weighted by Crippen LogP contribution is -2.43. The molecule has 1 aliphatic rings. The van der Waals surface area contributed by atoms with Gasteiger partial charge in [-0.3, -0.25) is 4.99 Å². The summed E-state index contributed by atoms with van der Waals surface area (Å²) in [5, 5.41) is 3.09. The quantitative estimate of drug-likeness (QED) is 0.388. The molecule has 0 amide bonds. The average molecular weight is 419 g/mol. The van der Waals surface area contributed by atoms with E-state index < -0.39 is 9.84 Å². The Bertz CT molecular complexity index is 395. The Kier molecular flexibility index (Phi) is 9.73. The van der Waals surface area contributed by atoms with Crippen molar-refractivity contribution in [1.29, 1.82) is 0 Å². The van der Waals surface area contributed by atoms with Crippen LogP contribution < -0.4 is 5.32 Å². The fraction of sp³-hybridized carbons (Fsp3) is 0.917. The van der Waals surface area contributed by atoms with Crippen LogP contribution in [0.15, 0.2) is 4.99 Å². The SMILES string of the molecule is CCS(=O)(=O)CCNC(=NC)N(C)CC1CCOC1.I. The number of nitrogens with one attached hydrogen (secondary N) is 1. The van der Waals surface area contributed by atoms with E-state index in [2.05, 4.69) is 10.3 Å². The molecule has 0 aromatic carbocycles. The number of aliphatic imine (C=N–C) groups is 1. The number of nitrogens with zero attached hydrogens (tertiary/aromatic N) is 2. The molecule has 8 heteroatoms. The summed E-state index contributed by atoms with van der Waals surface area (Å²) >= 11 is 0. The molecule has 1 rings (SSSR count). The Hall–Kier alpha value is -0.0900. The van der Waals surface area contributed by atoms with Crippen LogP contribution in [0.2, 0.25) is 0 Å². The Morgan fingerprint density at radius 3 is 2.70 bits per heavy atom. The molecule has 1 unspecified atom stereocenters. The predicted molar refractivity (Wildman–Crippen MR) is 92.7 cm³/mol. The lowest BCUT2D eigenvalue weighted by molar-refractivity contribution is 0.181. The molecule has 1 saturated heterocycles. The molecule has 0 spiro atoms. The van der Waals surface area contributed by atoms with Crippen molar-refractivity contribution in [1.82, 2.24) is 10.2 Å². The molecule has 1 N–H and O–H groups in total. The minimum atomic E-state index is -2.93. The summed E-state index contributed by atoms with van der Waals surface area (Å²) in [6.45, 7) is 4.57. The molecule has 1 atom stereocenters. The van der Waals surface area contributed by atoms with Gasteiger partial charge in [0.1, 0.15) is 0 Å². The van der Waals surface area contributed by atoms with E-state index in [1.54, 1.807) is 14.0 Å². The van der Waals surface area contributed by atoms with Crippen LogP contribution in [0.1, 0.15) is 13.3 Å². The highest BCUT2D eigenvalue weighted by molar-refractivity contribution is 14.0. The first-order valence-electron chi connectivity index (χ1n) is 6.68. The highest BCUT2D eigenvalue weighted by Gasteiger charge is 2.19. The van der Waals surface area contributed by atoms with Gasteiger partial charge in [-0.05, 0) is 6.42 Å². The van der Waals surface area contributed by atoms with Crippen LogP contribution in [0.5, 0.6) is 0 Å². The van der Waals surface area contributed by atoms with Gasteiger partial charge in [0.2, 0.25) is 0 Å². The highest BCUT2D eigenvalue weighted by atomic mass is 127. The molecule has 1 fully saturated rings. The van der Waals surface area contributed by atoms with Gasteiger partial charge in [-0.25, -0.2) is 8.42 Å². The first-order chi connectivity index (χ1) is 8.98. The minimum Gasteiger partial charge on any atom is -0.381 e. The van der Waals surface area contributed by atoms with Crippen LogP contribution in [0.4, 0.5) is 0 Å². The molecule has 0 radical (unpaired) electrons. The Labute approximate surface area is 139 Å². The van der Waals surface area contributed by atoms with Gasteiger partial charge in [0.15, 0.2) is 15.8 Å². The van der Waals surface area contributed by atoms with E-state index in [0.29, 0.717) is 12.5 Å². The second-order valence-electron chi connectivity index (χ2n) is 4.82. The van der Waals surface area contributed by atoms with Crippen molar-refractivity contribution in [3.63, 3.8) is 0 Å². The average Bonchev–Trinajstić information content (AvgIpc) is 2.87. The maximum atomic E-state index is 11.4. The fourth-order valence-corrected chi connectivity index (χ4v) is 2.75. The van der Waals surface area contributed by atoms with E-state index in [1.165, 1.54) is 0 Å². The van der Waals surface area contributed by atoms with Gasteiger partial charge in [0.05, 0.1) is 12.4 Å². The van der Waals surface area contributed by atoms with Gasteiger partial charge >= 0.3 is 0 Å². The Morgan fingerprint density at radius 1 is 1.50 bits per heavy atom. The first-order valence-corrected chi connectivity index (χ1v) is 8.50. The van der Waals surface area contributed by atoms with Crippen molar-refractivity contribution in [3.8, 4) is 0 Å². The molecule has 1 heterocycles. The molecule has 6 nitrogen and oxygen atoms in total. The van der Waals surface area contributed by atoms with Crippen LogP contribution in [0.3, 0.4) is 0 Å². The van der Waals surface area contributed by atoms with Gasteiger partial charge in [0, 0.05) is 45.5 Å². The van der Waals surface area contributed by atoms with Gasteiger partial charge in [-0.2, -0.15) is 0 Å². The first kappa shape index (κ1) is 19.9. The number of sulfone groups is 1. The molecule has 0 saturated carbocycles. The largest absolute Gasteiger partial charge is 0.381 e. The zero-order valence-electron chi connectivity index (χ0n) is 12.5. The van der Waals surface area contributed by atoms with Crippen LogP contribution >= 0.6 is 24.0 Å². The Morgan fingerprint density at radius 2 is 2.20 bits per heavy atom. The monoisotopic (exact) mass is 419 g/mol. The van der Waals surface area contributed by atoms with Gasteiger partial charge < -0.3 is 15.0 Å².